The summed E-state index contributed by atoms with van der Waals surface area (Å²) >= 11 is 0.535. The number of hydrogen-bond acceptors (Lipinski definition) is 10. The van der Waals surface area contributed by atoms with Crippen molar-refractivity contribution in [2.45, 2.75) is 62.2 Å². The van der Waals surface area contributed by atoms with Crippen LogP contribution in [0, 0.1) is 4.91 Å². The minimum Gasteiger partial charge on any atom is -0.394 e. The molecule has 11 nitrogen and oxygen atoms in total. The molecule has 0 aromatic rings. The highest BCUT2D eigenvalue weighted by Gasteiger charge is 2.46. The minimum absolute atomic E-state index is 0.535. The first-order valence-electron chi connectivity index (χ1n) is 7.44. The van der Waals surface area contributed by atoms with E-state index in [9.17, 15) is 29.8 Å². The van der Waals surface area contributed by atoms with Crippen molar-refractivity contribution in [2.24, 2.45) is 4.58 Å². The summed E-state index contributed by atoms with van der Waals surface area (Å²) in [7, 11) is 0. The molecular formula is C13H23N3O8S. The van der Waals surface area contributed by atoms with Gasteiger partial charge in [0.1, 0.15) is 30.4 Å². The monoisotopic (exact) mass is 381 g/mol. The third kappa shape index (κ3) is 5.33. The average Bonchev–Trinajstić information content (AvgIpc) is 2.52. The van der Waals surface area contributed by atoms with Crippen molar-refractivity contribution >= 4 is 23.8 Å². The Balaban J connectivity index is 2.95. The predicted molar refractivity (Wildman–Crippen MR) is 87.0 cm³/mol. The van der Waals surface area contributed by atoms with Crippen LogP contribution in [0.2, 0.25) is 0 Å². The Kier molecular flexibility index (Phi) is 7.71. The van der Waals surface area contributed by atoms with Gasteiger partial charge < -0.3 is 35.8 Å². The van der Waals surface area contributed by atoms with Gasteiger partial charge in [-0.2, -0.15) is 0 Å². The number of ether oxygens (including phenoxy) is 1. The summed E-state index contributed by atoms with van der Waals surface area (Å²) in [5, 5.41) is 43.5. The minimum atomic E-state index is -1.70. The Morgan fingerprint density at radius 2 is 1.88 bits per heavy atom. The van der Waals surface area contributed by atoms with Crippen LogP contribution in [-0.2, 0) is 14.3 Å². The largest absolute Gasteiger partial charge is 0.394 e. The number of aliphatic hydroxyl groups excluding tert-OH is 4. The molecule has 6 unspecified atom stereocenters. The lowest BCUT2D eigenvalue weighted by Crippen LogP contribution is -2.67. The van der Waals surface area contributed by atoms with E-state index in [0.717, 1.165) is 0 Å². The summed E-state index contributed by atoms with van der Waals surface area (Å²) in [6.45, 7) is 3.54. The third-order valence-electron chi connectivity index (χ3n) is 3.79. The number of amides is 2. The maximum Gasteiger partial charge on any atom is 0.244 e. The number of nitrogens with one attached hydrogen (secondary N) is 2. The van der Waals surface area contributed by atoms with Crippen molar-refractivity contribution < 1.29 is 34.8 Å². The Morgan fingerprint density at radius 1 is 1.28 bits per heavy atom. The van der Waals surface area contributed by atoms with E-state index in [-0.39, 0.29) is 0 Å². The molecule has 1 fully saturated rings. The zero-order valence-electron chi connectivity index (χ0n) is 13.9. The van der Waals surface area contributed by atoms with Crippen molar-refractivity contribution in [3.63, 3.8) is 0 Å². The van der Waals surface area contributed by atoms with Crippen LogP contribution < -0.4 is 10.6 Å². The van der Waals surface area contributed by atoms with Gasteiger partial charge in [0.15, 0.2) is 6.29 Å². The summed E-state index contributed by atoms with van der Waals surface area (Å²) in [6, 6.07) is -2.63. The van der Waals surface area contributed by atoms with Crippen LogP contribution in [0.25, 0.3) is 0 Å². The summed E-state index contributed by atoms with van der Waals surface area (Å²) in [5.74, 6) is -1.36. The first kappa shape index (κ1) is 21.7. The van der Waals surface area contributed by atoms with Gasteiger partial charge in [-0.15, -0.1) is 4.91 Å². The lowest BCUT2D eigenvalue weighted by atomic mass is 9.95. The van der Waals surface area contributed by atoms with E-state index < -0.39 is 59.9 Å². The second kappa shape index (κ2) is 8.87. The van der Waals surface area contributed by atoms with E-state index in [1.165, 1.54) is 20.8 Å². The van der Waals surface area contributed by atoms with Gasteiger partial charge in [-0.05, 0) is 13.8 Å². The molecule has 12 heteroatoms. The normalized spacial score (nSPS) is 31.1. The molecule has 0 aliphatic carbocycles. The number of nitrogens with zero attached hydrogens (tertiary/aromatic N) is 1. The fourth-order valence-corrected chi connectivity index (χ4v) is 2.87. The second-order valence-corrected chi connectivity index (χ2v) is 7.55. The quantitative estimate of drug-likeness (QED) is 0.207. The van der Waals surface area contributed by atoms with Gasteiger partial charge in [0.05, 0.1) is 11.4 Å². The van der Waals surface area contributed by atoms with Crippen molar-refractivity contribution in [1.82, 2.24) is 10.6 Å². The molecule has 144 valence electrons. The Labute approximate surface area is 148 Å². The van der Waals surface area contributed by atoms with Gasteiger partial charge in [-0.3, -0.25) is 9.59 Å². The number of carbonyl (C=O) groups excluding carboxylic acids is 2. The first-order chi connectivity index (χ1) is 11.5. The first-order valence-corrected chi connectivity index (χ1v) is 8.21. The summed E-state index contributed by atoms with van der Waals surface area (Å²) in [4.78, 5) is 34.4. The lowest BCUT2D eigenvalue weighted by Gasteiger charge is -2.41. The highest BCUT2D eigenvalue weighted by molar-refractivity contribution is 7.99. The molecule has 0 aromatic carbocycles. The number of carbonyl (C=O) groups is 2. The maximum atomic E-state index is 12.5. The molecule has 1 aliphatic rings. The molecule has 0 radical (unpaired) electrons. The van der Waals surface area contributed by atoms with Gasteiger partial charge >= 0.3 is 0 Å². The van der Waals surface area contributed by atoms with E-state index in [1.54, 1.807) is 0 Å². The van der Waals surface area contributed by atoms with Crippen molar-refractivity contribution in [2.75, 3.05) is 6.61 Å². The van der Waals surface area contributed by atoms with Crippen LogP contribution >= 0.6 is 11.9 Å². The van der Waals surface area contributed by atoms with Crippen LogP contribution in [-0.4, -0.2) is 80.3 Å². The van der Waals surface area contributed by atoms with Gasteiger partial charge in [0, 0.05) is 23.5 Å². The lowest BCUT2D eigenvalue weighted by molar-refractivity contribution is -0.254. The van der Waals surface area contributed by atoms with Crippen LogP contribution in [0.4, 0.5) is 0 Å². The van der Waals surface area contributed by atoms with E-state index >= 15 is 0 Å². The highest BCUT2D eigenvalue weighted by atomic mass is 32.2. The predicted octanol–water partition coefficient (Wildman–Crippen LogP) is -2.40. The molecule has 0 bridgehead atoms. The topological polar surface area (TPSA) is 178 Å². The Morgan fingerprint density at radius 3 is 2.36 bits per heavy atom. The van der Waals surface area contributed by atoms with Crippen molar-refractivity contribution in [3.8, 4) is 0 Å². The molecule has 6 N–H and O–H groups in total. The molecule has 1 saturated heterocycles. The van der Waals surface area contributed by atoms with E-state index in [1.807, 2.05) is 0 Å². The molecular weight excluding hydrogens is 358 g/mol. The smallest absolute Gasteiger partial charge is 0.244 e. The van der Waals surface area contributed by atoms with Crippen LogP contribution in [0.5, 0.6) is 0 Å². The number of aliphatic hydroxyl groups is 4. The van der Waals surface area contributed by atoms with E-state index in [0.29, 0.717) is 11.9 Å². The molecule has 25 heavy (non-hydrogen) atoms. The number of rotatable bonds is 7. The summed E-state index contributed by atoms with van der Waals surface area (Å²) < 4.78 is 6.49. The molecule has 1 rings (SSSR count). The SMILES string of the molecule is CC(=O)NC(C(=O)NC1C(O)OC(CO)C(O)C1O)C(C)(C)SN=O. The molecule has 0 aromatic heterocycles. The highest BCUT2D eigenvalue weighted by Crippen LogP contribution is 2.29. The maximum absolute atomic E-state index is 12.5. The Hall–Kier alpha value is -1.31. The van der Waals surface area contributed by atoms with E-state index in [4.69, 9.17) is 9.84 Å². The van der Waals surface area contributed by atoms with Gasteiger partial charge in [0.25, 0.3) is 0 Å². The van der Waals surface area contributed by atoms with Crippen LogP contribution in [0.1, 0.15) is 20.8 Å². The average molecular weight is 381 g/mol. The molecule has 1 heterocycles. The number of hydrogen-bond donors (Lipinski definition) is 6. The molecule has 2 amide bonds. The summed E-state index contributed by atoms with van der Waals surface area (Å²) in [6.07, 6.45) is -6.08. The molecule has 6 atom stereocenters. The zero-order chi connectivity index (χ0) is 19.4. The van der Waals surface area contributed by atoms with E-state index in [2.05, 4.69) is 15.2 Å². The standard InChI is InChI=1S/C13H23N3O8S/c1-5(18)14-10(13(2,3)25-16-23)11(21)15-7-9(20)8(19)6(4-17)24-12(7)22/h6-10,12,17,19-20,22H,4H2,1-3H3,(H,14,18)(H,15,21). The fraction of sp³-hybridized carbons (Fsp3) is 0.846. The molecule has 1 aliphatic heterocycles. The zero-order valence-corrected chi connectivity index (χ0v) is 14.8. The van der Waals surface area contributed by atoms with Gasteiger partial charge in [-0.25, -0.2) is 0 Å². The van der Waals surface area contributed by atoms with Crippen molar-refractivity contribution in [3.05, 3.63) is 4.91 Å². The summed E-state index contributed by atoms with van der Waals surface area (Å²) in [5.41, 5.74) is 0. The van der Waals surface area contributed by atoms with Gasteiger partial charge in [-0.1, -0.05) is 0 Å². The van der Waals surface area contributed by atoms with Gasteiger partial charge in [0.2, 0.25) is 11.8 Å². The number of nitroso groups, excluding NO2 is 1. The Bertz CT molecular complexity index is 506. The molecule has 0 spiro atoms. The van der Waals surface area contributed by atoms with Crippen LogP contribution in [0.3, 0.4) is 0 Å². The second-order valence-electron chi connectivity index (χ2n) is 6.17. The fourth-order valence-electron chi connectivity index (χ4n) is 2.41. The van der Waals surface area contributed by atoms with Crippen molar-refractivity contribution in [1.29, 1.82) is 0 Å². The van der Waals surface area contributed by atoms with Crippen LogP contribution in [0.15, 0.2) is 4.58 Å². The molecule has 0 saturated carbocycles. The third-order valence-corrected chi connectivity index (χ3v) is 4.57.